The van der Waals surface area contributed by atoms with Crippen molar-refractivity contribution in [1.82, 2.24) is 10.2 Å². The molecule has 0 saturated carbocycles. The Bertz CT molecular complexity index is 964. The number of hydrogen-bond acceptors (Lipinski definition) is 7. The fourth-order valence-electron chi connectivity index (χ4n) is 2.95. The number of benzene rings is 1. The largest absolute Gasteiger partial charge is 0.497 e. The number of nitrogens with zero attached hydrogens (tertiary/aromatic N) is 2. The van der Waals surface area contributed by atoms with Gasteiger partial charge in [-0.15, -0.1) is 21.5 Å². The predicted molar refractivity (Wildman–Crippen MR) is 108 cm³/mol. The number of methoxy groups -OCH3 is 1. The molecule has 1 aliphatic carbocycles. The van der Waals surface area contributed by atoms with Crippen LogP contribution >= 0.6 is 34.4 Å². The van der Waals surface area contributed by atoms with Gasteiger partial charge in [-0.2, -0.15) is 0 Å². The molecule has 0 atom stereocenters. The highest BCUT2D eigenvalue weighted by Crippen LogP contribution is 2.41. The Morgan fingerprint density at radius 3 is 2.88 bits per heavy atom. The summed E-state index contributed by atoms with van der Waals surface area (Å²) in [5, 5.41) is 11.5. The van der Waals surface area contributed by atoms with Gasteiger partial charge >= 0.3 is 0 Å². The van der Waals surface area contributed by atoms with E-state index >= 15 is 0 Å². The zero-order valence-electron chi connectivity index (χ0n) is 14.4. The Hall–Kier alpha value is -1.90. The molecule has 1 aliphatic rings. The number of amides is 1. The van der Waals surface area contributed by atoms with Crippen molar-refractivity contribution in [3.8, 4) is 16.2 Å². The van der Waals surface area contributed by atoms with E-state index in [1.807, 2.05) is 12.1 Å². The molecule has 0 saturated heterocycles. The van der Waals surface area contributed by atoms with Crippen molar-refractivity contribution in [3.05, 3.63) is 40.3 Å². The summed E-state index contributed by atoms with van der Waals surface area (Å²) in [5.41, 5.74) is 3.71. The van der Waals surface area contributed by atoms with Crippen molar-refractivity contribution in [2.45, 2.75) is 24.1 Å². The quantitative estimate of drug-likeness (QED) is 0.492. The van der Waals surface area contributed by atoms with Gasteiger partial charge in [0.1, 0.15) is 5.75 Å². The van der Waals surface area contributed by atoms with Crippen LogP contribution in [0.3, 0.4) is 0 Å². The van der Waals surface area contributed by atoms with E-state index in [0.717, 1.165) is 28.7 Å². The van der Waals surface area contributed by atoms with Gasteiger partial charge in [-0.3, -0.25) is 10.1 Å². The van der Waals surface area contributed by atoms with Crippen molar-refractivity contribution in [2.75, 3.05) is 18.2 Å². The van der Waals surface area contributed by atoms with Gasteiger partial charge in [0.15, 0.2) is 4.34 Å². The number of ether oxygens (including phenoxy) is 1. The third-order valence-corrected chi connectivity index (χ3v) is 7.21. The fraction of sp³-hybridized carbons (Fsp3) is 0.278. The topological polar surface area (TPSA) is 64.1 Å². The number of carbonyl (C=O) groups excluding carboxylic acids is 1. The summed E-state index contributed by atoms with van der Waals surface area (Å²) < 4.78 is 6.19. The van der Waals surface area contributed by atoms with E-state index < -0.39 is 0 Å². The van der Waals surface area contributed by atoms with Gasteiger partial charge in [-0.25, -0.2) is 0 Å². The highest BCUT2D eigenvalue weighted by atomic mass is 32.2. The predicted octanol–water partition coefficient (Wildman–Crippen LogP) is 4.74. The van der Waals surface area contributed by atoms with Gasteiger partial charge in [0.2, 0.25) is 5.13 Å². The summed E-state index contributed by atoms with van der Waals surface area (Å²) in [5.74, 6) is 1.69. The highest BCUT2D eigenvalue weighted by molar-refractivity contribution is 8.01. The number of hydrogen-bond donors (Lipinski definition) is 1. The Balaban J connectivity index is 1.57. The molecule has 2 aromatic heterocycles. The number of rotatable bonds is 5. The molecule has 1 amide bonds. The highest BCUT2D eigenvalue weighted by Gasteiger charge is 2.22. The van der Waals surface area contributed by atoms with Crippen LogP contribution in [0.1, 0.15) is 27.7 Å². The maximum Gasteiger partial charge on any atom is 0.267 e. The Morgan fingerprint density at radius 1 is 1.23 bits per heavy atom. The van der Waals surface area contributed by atoms with Crippen molar-refractivity contribution in [1.29, 1.82) is 0 Å². The van der Waals surface area contributed by atoms with Crippen LogP contribution < -0.4 is 10.1 Å². The number of fused-ring (bicyclic) bond motifs is 3. The first-order valence-electron chi connectivity index (χ1n) is 8.25. The third kappa shape index (κ3) is 3.36. The van der Waals surface area contributed by atoms with Crippen LogP contribution in [0.15, 0.2) is 28.6 Å². The summed E-state index contributed by atoms with van der Waals surface area (Å²) in [7, 11) is 1.68. The van der Waals surface area contributed by atoms with Crippen LogP contribution in [-0.2, 0) is 12.8 Å². The summed E-state index contributed by atoms with van der Waals surface area (Å²) in [6.07, 6.45) is 1.90. The summed E-state index contributed by atoms with van der Waals surface area (Å²) in [6.45, 7) is 2.06. The first-order chi connectivity index (χ1) is 12.7. The monoisotopic (exact) mass is 403 g/mol. The van der Waals surface area contributed by atoms with Crippen LogP contribution in [0, 0.1) is 0 Å². The van der Waals surface area contributed by atoms with E-state index in [9.17, 15) is 4.79 Å². The van der Waals surface area contributed by atoms with Gasteiger partial charge in [0.05, 0.1) is 12.0 Å². The van der Waals surface area contributed by atoms with Gasteiger partial charge in [0.25, 0.3) is 5.91 Å². The van der Waals surface area contributed by atoms with Crippen molar-refractivity contribution in [3.63, 3.8) is 0 Å². The molecular formula is C18H17N3O2S3. The average Bonchev–Trinajstić information content (AvgIpc) is 3.28. The number of anilines is 1. The number of carbonyl (C=O) groups is 1. The second-order valence-corrected chi connectivity index (χ2v) is 9.29. The Labute approximate surface area is 163 Å². The lowest BCUT2D eigenvalue weighted by molar-refractivity contribution is 0.103. The fourth-order valence-corrected chi connectivity index (χ4v) is 5.76. The smallest absolute Gasteiger partial charge is 0.267 e. The number of aromatic nitrogens is 2. The normalized spacial score (nSPS) is 12.4. The molecule has 0 aliphatic heterocycles. The SMILES string of the molecule is CCSc1nnc(NC(=O)c2cc3c(s2)-c2ccc(OC)cc2CC3)s1. The zero-order valence-corrected chi connectivity index (χ0v) is 16.8. The molecule has 1 aromatic carbocycles. The molecule has 26 heavy (non-hydrogen) atoms. The van der Waals surface area contributed by atoms with Crippen molar-refractivity contribution >= 4 is 45.5 Å². The van der Waals surface area contributed by atoms with Crippen molar-refractivity contribution in [2.24, 2.45) is 0 Å². The van der Waals surface area contributed by atoms with Crippen LogP contribution in [0.4, 0.5) is 5.13 Å². The molecule has 5 nitrogen and oxygen atoms in total. The molecule has 0 spiro atoms. The van der Waals surface area contributed by atoms with Gasteiger partial charge in [-0.05, 0) is 59.6 Å². The molecule has 134 valence electrons. The van der Waals surface area contributed by atoms with E-state index in [0.29, 0.717) is 10.0 Å². The van der Waals surface area contributed by atoms with Gasteiger partial charge in [-0.1, -0.05) is 30.0 Å². The van der Waals surface area contributed by atoms with Crippen LogP contribution in [0.25, 0.3) is 10.4 Å². The first-order valence-corrected chi connectivity index (χ1v) is 10.9. The molecule has 0 fully saturated rings. The number of thioether (sulfide) groups is 1. The van der Waals surface area contributed by atoms with E-state index in [1.54, 1.807) is 18.9 Å². The lowest BCUT2D eigenvalue weighted by atomic mass is 9.91. The minimum atomic E-state index is -0.122. The first kappa shape index (κ1) is 17.5. The number of thiophene rings is 1. The third-order valence-electron chi connectivity index (χ3n) is 4.15. The van der Waals surface area contributed by atoms with E-state index in [1.165, 1.54) is 44.2 Å². The Morgan fingerprint density at radius 2 is 2.08 bits per heavy atom. The van der Waals surface area contributed by atoms with Crippen LogP contribution in [0.5, 0.6) is 5.75 Å². The van der Waals surface area contributed by atoms with E-state index in [2.05, 4.69) is 34.6 Å². The van der Waals surface area contributed by atoms with E-state index in [-0.39, 0.29) is 5.91 Å². The zero-order chi connectivity index (χ0) is 18.1. The molecule has 1 N–H and O–H groups in total. The van der Waals surface area contributed by atoms with Crippen LogP contribution in [0.2, 0.25) is 0 Å². The second kappa shape index (κ2) is 7.38. The van der Waals surface area contributed by atoms with Crippen molar-refractivity contribution < 1.29 is 9.53 Å². The van der Waals surface area contributed by atoms with Gasteiger partial charge in [0, 0.05) is 4.88 Å². The summed E-state index contributed by atoms with van der Waals surface area (Å²) in [4.78, 5) is 14.5. The van der Waals surface area contributed by atoms with E-state index in [4.69, 9.17) is 4.74 Å². The standard InChI is InChI=1S/C18H17N3O2S3/c1-3-24-18-21-20-17(26-18)19-16(22)14-9-11-5-4-10-8-12(23-2)6-7-13(10)15(11)25-14/h6-9H,3-5H2,1-2H3,(H,19,20,22). The second-order valence-electron chi connectivity index (χ2n) is 5.75. The van der Waals surface area contributed by atoms with Gasteiger partial charge < -0.3 is 4.74 Å². The summed E-state index contributed by atoms with van der Waals surface area (Å²) >= 11 is 4.56. The minimum Gasteiger partial charge on any atom is -0.497 e. The molecule has 2 heterocycles. The van der Waals surface area contributed by atoms with Crippen LogP contribution in [-0.4, -0.2) is 29.0 Å². The molecule has 0 bridgehead atoms. The Kier molecular flexibility index (Phi) is 4.97. The summed E-state index contributed by atoms with van der Waals surface area (Å²) in [6, 6.07) is 8.15. The molecule has 0 unspecified atom stereocenters. The minimum absolute atomic E-state index is 0.122. The molecule has 8 heteroatoms. The molecule has 3 aromatic rings. The average molecular weight is 404 g/mol. The number of nitrogens with one attached hydrogen (secondary N) is 1. The molecule has 4 rings (SSSR count). The lowest BCUT2D eigenvalue weighted by Crippen LogP contribution is -2.09. The maximum atomic E-state index is 12.6. The molecule has 0 radical (unpaired) electrons. The number of aryl methyl sites for hydroxylation is 2. The lowest BCUT2D eigenvalue weighted by Gasteiger charge is -2.16. The maximum absolute atomic E-state index is 12.6. The molecular weight excluding hydrogens is 386 g/mol.